The molecule has 2 aromatic carbocycles. The lowest BCUT2D eigenvalue weighted by Crippen LogP contribution is -2.20. The zero-order valence-corrected chi connectivity index (χ0v) is 11.9. The molecule has 0 spiro atoms. The molecule has 1 aromatic heterocycles. The first-order valence-electron chi connectivity index (χ1n) is 6.85. The molecule has 0 saturated carbocycles. The molecule has 0 atom stereocenters. The van der Waals surface area contributed by atoms with Crippen molar-refractivity contribution in [2.45, 2.75) is 0 Å². The van der Waals surface area contributed by atoms with Crippen molar-refractivity contribution in [2.75, 3.05) is 11.9 Å². The van der Waals surface area contributed by atoms with Crippen molar-refractivity contribution in [1.29, 1.82) is 0 Å². The van der Waals surface area contributed by atoms with Crippen LogP contribution in [0.25, 0.3) is 10.9 Å². The first kappa shape index (κ1) is 14.9. The molecule has 23 heavy (non-hydrogen) atoms. The Morgan fingerprint density at radius 3 is 2.74 bits per heavy atom. The molecule has 0 saturated heterocycles. The van der Waals surface area contributed by atoms with Gasteiger partial charge in [0.1, 0.15) is 11.3 Å². The highest BCUT2D eigenvalue weighted by Gasteiger charge is 2.09. The molecule has 0 unspecified atom stereocenters. The second-order valence-electron chi connectivity index (χ2n) is 4.80. The number of carbonyl (C=O) groups is 1. The SMILES string of the molecule is O=C(COc1cccc2cccnc12)Nc1ccc(F)c(F)c1. The lowest BCUT2D eigenvalue weighted by Gasteiger charge is -2.09. The molecule has 1 amide bonds. The fourth-order valence-electron chi connectivity index (χ4n) is 2.11. The van der Waals surface area contributed by atoms with Gasteiger partial charge in [0.05, 0.1) is 0 Å². The lowest BCUT2D eigenvalue weighted by molar-refractivity contribution is -0.118. The van der Waals surface area contributed by atoms with Crippen LogP contribution in [0.5, 0.6) is 5.75 Å². The molecule has 0 fully saturated rings. The minimum Gasteiger partial charge on any atom is -0.481 e. The highest BCUT2D eigenvalue weighted by Crippen LogP contribution is 2.22. The van der Waals surface area contributed by atoms with Gasteiger partial charge in [0.2, 0.25) is 0 Å². The van der Waals surface area contributed by atoms with Crippen molar-refractivity contribution in [1.82, 2.24) is 4.98 Å². The Morgan fingerprint density at radius 2 is 1.91 bits per heavy atom. The van der Waals surface area contributed by atoms with E-state index in [1.54, 1.807) is 18.3 Å². The van der Waals surface area contributed by atoms with E-state index in [1.165, 1.54) is 6.07 Å². The van der Waals surface area contributed by atoms with E-state index in [1.807, 2.05) is 18.2 Å². The van der Waals surface area contributed by atoms with Gasteiger partial charge in [0.25, 0.3) is 5.91 Å². The fourth-order valence-corrected chi connectivity index (χ4v) is 2.11. The van der Waals surface area contributed by atoms with Crippen LogP contribution in [0.4, 0.5) is 14.5 Å². The van der Waals surface area contributed by atoms with Crippen LogP contribution in [0, 0.1) is 11.6 Å². The molecule has 1 N–H and O–H groups in total. The topological polar surface area (TPSA) is 51.2 Å². The number of benzene rings is 2. The fraction of sp³-hybridized carbons (Fsp3) is 0.0588. The number of fused-ring (bicyclic) bond motifs is 1. The summed E-state index contributed by atoms with van der Waals surface area (Å²) in [5.74, 6) is -2.00. The third-order valence-electron chi connectivity index (χ3n) is 3.16. The average molecular weight is 314 g/mol. The van der Waals surface area contributed by atoms with E-state index in [-0.39, 0.29) is 12.3 Å². The maximum Gasteiger partial charge on any atom is 0.262 e. The molecule has 0 aliphatic rings. The number of carbonyl (C=O) groups excluding carboxylic acids is 1. The normalized spacial score (nSPS) is 10.5. The summed E-state index contributed by atoms with van der Waals surface area (Å²) in [6.07, 6.45) is 1.64. The van der Waals surface area contributed by atoms with E-state index in [0.717, 1.165) is 17.5 Å². The molecular weight excluding hydrogens is 302 g/mol. The number of hydrogen-bond donors (Lipinski definition) is 1. The number of halogens is 2. The number of rotatable bonds is 4. The molecule has 6 heteroatoms. The summed E-state index contributed by atoms with van der Waals surface area (Å²) in [7, 11) is 0. The molecule has 0 aliphatic carbocycles. The zero-order chi connectivity index (χ0) is 16.2. The molecule has 3 aromatic rings. The van der Waals surface area contributed by atoms with Crippen LogP contribution >= 0.6 is 0 Å². The Balaban J connectivity index is 1.67. The van der Waals surface area contributed by atoms with Crippen LogP contribution in [-0.4, -0.2) is 17.5 Å². The number of hydrogen-bond acceptors (Lipinski definition) is 3. The second kappa shape index (κ2) is 6.39. The second-order valence-corrected chi connectivity index (χ2v) is 4.80. The smallest absolute Gasteiger partial charge is 0.262 e. The first-order chi connectivity index (χ1) is 11.1. The summed E-state index contributed by atoms with van der Waals surface area (Å²) < 4.78 is 31.4. The number of anilines is 1. The van der Waals surface area contributed by atoms with E-state index in [2.05, 4.69) is 10.3 Å². The van der Waals surface area contributed by atoms with Crippen LogP contribution in [0.15, 0.2) is 54.7 Å². The van der Waals surface area contributed by atoms with Gasteiger partial charge in [-0.3, -0.25) is 9.78 Å². The quantitative estimate of drug-likeness (QED) is 0.801. The maximum absolute atomic E-state index is 13.1. The Morgan fingerprint density at radius 1 is 1.09 bits per heavy atom. The largest absolute Gasteiger partial charge is 0.481 e. The first-order valence-corrected chi connectivity index (χ1v) is 6.85. The van der Waals surface area contributed by atoms with Crippen molar-refractivity contribution in [3.63, 3.8) is 0 Å². The van der Waals surface area contributed by atoms with Gasteiger partial charge in [0.15, 0.2) is 18.2 Å². The summed E-state index contributed by atoms with van der Waals surface area (Å²) in [6, 6.07) is 12.2. The van der Waals surface area contributed by atoms with E-state index in [4.69, 9.17) is 4.74 Å². The molecule has 4 nitrogen and oxygen atoms in total. The standard InChI is InChI=1S/C17H12F2N2O2/c18-13-7-6-12(9-14(13)19)21-16(22)10-23-15-5-1-3-11-4-2-8-20-17(11)15/h1-9H,10H2,(H,21,22). The number of nitrogens with zero attached hydrogens (tertiary/aromatic N) is 1. The minimum atomic E-state index is -1.03. The highest BCUT2D eigenvalue weighted by atomic mass is 19.2. The van der Waals surface area contributed by atoms with Crippen LogP contribution in [0.3, 0.4) is 0 Å². The number of amides is 1. The van der Waals surface area contributed by atoms with Gasteiger partial charge >= 0.3 is 0 Å². The summed E-state index contributed by atoms with van der Waals surface area (Å²) in [4.78, 5) is 16.1. The van der Waals surface area contributed by atoms with Gasteiger partial charge < -0.3 is 10.1 Å². The third-order valence-corrected chi connectivity index (χ3v) is 3.16. The number of aromatic nitrogens is 1. The van der Waals surface area contributed by atoms with Crippen molar-refractivity contribution in [3.8, 4) is 5.75 Å². The van der Waals surface area contributed by atoms with Gasteiger partial charge in [0, 0.05) is 23.3 Å². The average Bonchev–Trinajstić information content (AvgIpc) is 2.56. The van der Waals surface area contributed by atoms with Crippen molar-refractivity contribution < 1.29 is 18.3 Å². The van der Waals surface area contributed by atoms with Gasteiger partial charge in [-0.25, -0.2) is 8.78 Å². The Kier molecular flexibility index (Phi) is 4.14. The maximum atomic E-state index is 13.1. The number of pyridine rings is 1. The Bertz CT molecular complexity index is 863. The summed E-state index contributed by atoms with van der Waals surface area (Å²) in [6.45, 7) is -0.269. The van der Waals surface area contributed by atoms with Crippen LogP contribution in [-0.2, 0) is 4.79 Å². The van der Waals surface area contributed by atoms with Crippen LogP contribution in [0.1, 0.15) is 0 Å². The molecule has 116 valence electrons. The minimum absolute atomic E-state index is 0.161. The molecular formula is C17H12F2N2O2. The molecule has 0 radical (unpaired) electrons. The summed E-state index contributed by atoms with van der Waals surface area (Å²) >= 11 is 0. The van der Waals surface area contributed by atoms with E-state index >= 15 is 0 Å². The van der Waals surface area contributed by atoms with Crippen LogP contribution in [0.2, 0.25) is 0 Å². The predicted octanol–water partition coefficient (Wildman–Crippen LogP) is 3.53. The molecule has 0 aliphatic heterocycles. The third kappa shape index (κ3) is 3.42. The number of para-hydroxylation sites is 1. The van der Waals surface area contributed by atoms with Crippen molar-refractivity contribution in [2.24, 2.45) is 0 Å². The number of nitrogens with one attached hydrogen (secondary N) is 1. The highest BCUT2D eigenvalue weighted by molar-refractivity contribution is 5.92. The summed E-state index contributed by atoms with van der Waals surface area (Å²) in [5, 5.41) is 3.33. The zero-order valence-electron chi connectivity index (χ0n) is 11.9. The number of ether oxygens (including phenoxy) is 1. The van der Waals surface area contributed by atoms with Crippen molar-refractivity contribution >= 4 is 22.5 Å². The van der Waals surface area contributed by atoms with Gasteiger partial charge in [-0.1, -0.05) is 18.2 Å². The van der Waals surface area contributed by atoms with E-state index in [0.29, 0.717) is 11.3 Å². The predicted molar refractivity (Wildman–Crippen MR) is 82.2 cm³/mol. The monoisotopic (exact) mass is 314 g/mol. The molecule has 0 bridgehead atoms. The van der Waals surface area contributed by atoms with Gasteiger partial charge in [-0.2, -0.15) is 0 Å². The summed E-state index contributed by atoms with van der Waals surface area (Å²) in [5.41, 5.74) is 0.809. The lowest BCUT2D eigenvalue weighted by atomic mass is 10.2. The van der Waals surface area contributed by atoms with E-state index < -0.39 is 17.5 Å². The van der Waals surface area contributed by atoms with Gasteiger partial charge in [-0.05, 0) is 24.3 Å². The molecule has 3 rings (SSSR count). The molecule has 1 heterocycles. The van der Waals surface area contributed by atoms with E-state index in [9.17, 15) is 13.6 Å². The Labute approximate surface area is 130 Å². The van der Waals surface area contributed by atoms with Crippen molar-refractivity contribution in [3.05, 3.63) is 66.4 Å². The Hall–Kier alpha value is -3.02. The van der Waals surface area contributed by atoms with Crippen LogP contribution < -0.4 is 10.1 Å². The van der Waals surface area contributed by atoms with Gasteiger partial charge in [-0.15, -0.1) is 0 Å².